The molecule has 108 valence electrons. The molecule has 2 aromatic rings. The zero-order valence-corrected chi connectivity index (χ0v) is 13.7. The molecule has 0 aliphatic carbocycles. The van der Waals surface area contributed by atoms with Gasteiger partial charge in [-0.3, -0.25) is 0 Å². The average Bonchev–Trinajstić information content (AvgIpc) is 2.84. The topological polar surface area (TPSA) is 41.5 Å². The Bertz CT molecular complexity index is 527. The summed E-state index contributed by atoms with van der Waals surface area (Å²) in [6.07, 6.45) is -0.515. The molecule has 2 N–H and O–H groups in total. The zero-order valence-electron chi connectivity index (χ0n) is 11.3. The molecule has 5 heteroatoms. The van der Waals surface area contributed by atoms with Crippen molar-refractivity contribution >= 4 is 27.3 Å². The molecule has 0 saturated heterocycles. The lowest BCUT2D eigenvalue weighted by atomic mass is 10.3. The number of benzene rings is 1. The number of hydrogen-bond donors (Lipinski definition) is 2. The van der Waals surface area contributed by atoms with Gasteiger partial charge < -0.3 is 15.2 Å². The van der Waals surface area contributed by atoms with Crippen molar-refractivity contribution in [3.8, 4) is 5.75 Å². The van der Waals surface area contributed by atoms with Gasteiger partial charge in [0, 0.05) is 22.4 Å². The highest BCUT2D eigenvalue weighted by molar-refractivity contribution is 9.10. The van der Waals surface area contributed by atoms with Crippen LogP contribution in [0.1, 0.15) is 10.4 Å². The Labute approximate surface area is 131 Å². The van der Waals surface area contributed by atoms with Gasteiger partial charge in [0.2, 0.25) is 0 Å². The fourth-order valence-electron chi connectivity index (χ4n) is 1.72. The van der Waals surface area contributed by atoms with E-state index in [2.05, 4.69) is 39.6 Å². The van der Waals surface area contributed by atoms with Gasteiger partial charge in [-0.1, -0.05) is 15.9 Å². The molecule has 0 fully saturated rings. The molecule has 2 rings (SSSR count). The minimum Gasteiger partial charge on any atom is -0.491 e. The van der Waals surface area contributed by atoms with E-state index in [-0.39, 0.29) is 6.61 Å². The Morgan fingerprint density at radius 3 is 2.70 bits per heavy atom. The molecule has 1 unspecified atom stereocenters. The molecular formula is C15H18BrNO2S. The van der Waals surface area contributed by atoms with Crippen LogP contribution in [0.25, 0.3) is 0 Å². The number of nitrogens with one attached hydrogen (secondary N) is 1. The first-order valence-electron chi connectivity index (χ1n) is 6.45. The van der Waals surface area contributed by atoms with Gasteiger partial charge in [-0.05, 0) is 48.2 Å². The summed E-state index contributed by atoms with van der Waals surface area (Å²) in [6.45, 7) is 3.70. The summed E-state index contributed by atoms with van der Waals surface area (Å²) in [4.78, 5) is 1.31. The summed E-state index contributed by atoms with van der Waals surface area (Å²) in [6, 6.07) is 9.69. The van der Waals surface area contributed by atoms with Gasteiger partial charge in [0.1, 0.15) is 18.5 Å². The lowest BCUT2D eigenvalue weighted by molar-refractivity contribution is 0.106. The van der Waals surface area contributed by atoms with Crippen molar-refractivity contribution in [1.82, 2.24) is 5.32 Å². The van der Waals surface area contributed by atoms with Crippen LogP contribution in [0.5, 0.6) is 5.75 Å². The molecule has 0 spiro atoms. The van der Waals surface area contributed by atoms with E-state index in [1.807, 2.05) is 24.3 Å². The SMILES string of the molecule is Cc1ccsc1CNCC(O)COc1ccc(Br)cc1. The highest BCUT2D eigenvalue weighted by Crippen LogP contribution is 2.16. The third-order valence-electron chi connectivity index (χ3n) is 2.89. The van der Waals surface area contributed by atoms with E-state index in [4.69, 9.17) is 4.74 Å². The molecule has 0 saturated carbocycles. The number of aliphatic hydroxyl groups is 1. The number of ether oxygens (including phenoxy) is 1. The van der Waals surface area contributed by atoms with Gasteiger partial charge in [-0.2, -0.15) is 0 Å². The highest BCUT2D eigenvalue weighted by atomic mass is 79.9. The molecule has 1 aromatic heterocycles. The zero-order chi connectivity index (χ0) is 14.4. The van der Waals surface area contributed by atoms with Crippen molar-refractivity contribution in [1.29, 1.82) is 0 Å². The number of thiophene rings is 1. The van der Waals surface area contributed by atoms with Crippen molar-refractivity contribution in [2.45, 2.75) is 19.6 Å². The fraction of sp³-hybridized carbons (Fsp3) is 0.333. The second-order valence-corrected chi connectivity index (χ2v) is 6.49. The molecular weight excluding hydrogens is 338 g/mol. The third-order valence-corrected chi connectivity index (χ3v) is 4.44. The summed E-state index contributed by atoms with van der Waals surface area (Å²) in [7, 11) is 0. The minimum absolute atomic E-state index is 0.290. The Balaban J connectivity index is 1.66. The number of rotatable bonds is 7. The van der Waals surface area contributed by atoms with Gasteiger partial charge in [0.05, 0.1) is 0 Å². The fourth-order valence-corrected chi connectivity index (χ4v) is 2.86. The number of halogens is 1. The first kappa shape index (κ1) is 15.5. The second kappa shape index (κ2) is 7.78. The molecule has 0 aliphatic heterocycles. The maximum absolute atomic E-state index is 9.87. The maximum Gasteiger partial charge on any atom is 0.119 e. The van der Waals surface area contributed by atoms with E-state index in [0.29, 0.717) is 6.54 Å². The predicted octanol–water partition coefficient (Wildman–Crippen LogP) is 3.35. The standard InChI is InChI=1S/C15H18BrNO2S/c1-11-6-7-20-15(11)9-17-8-13(18)10-19-14-4-2-12(16)3-5-14/h2-7,13,17-18H,8-10H2,1H3. The van der Waals surface area contributed by atoms with Gasteiger partial charge in [-0.25, -0.2) is 0 Å². The van der Waals surface area contributed by atoms with Gasteiger partial charge >= 0.3 is 0 Å². The summed E-state index contributed by atoms with van der Waals surface area (Å²) in [5, 5.41) is 15.2. The first-order valence-corrected chi connectivity index (χ1v) is 8.12. The van der Waals surface area contributed by atoms with Crippen molar-refractivity contribution in [2.75, 3.05) is 13.2 Å². The second-order valence-electron chi connectivity index (χ2n) is 4.58. The van der Waals surface area contributed by atoms with Crippen molar-refractivity contribution in [2.24, 2.45) is 0 Å². The van der Waals surface area contributed by atoms with Crippen LogP contribution < -0.4 is 10.1 Å². The maximum atomic E-state index is 9.87. The van der Waals surface area contributed by atoms with Crippen molar-refractivity contribution in [3.63, 3.8) is 0 Å². The molecule has 0 bridgehead atoms. The lowest BCUT2D eigenvalue weighted by Crippen LogP contribution is -2.31. The Hall–Kier alpha value is -0.880. The van der Waals surface area contributed by atoms with Crippen molar-refractivity contribution < 1.29 is 9.84 Å². The van der Waals surface area contributed by atoms with Crippen LogP contribution in [0.2, 0.25) is 0 Å². The van der Waals surface area contributed by atoms with Crippen molar-refractivity contribution in [3.05, 3.63) is 50.6 Å². The third kappa shape index (κ3) is 4.90. The van der Waals surface area contributed by atoms with Gasteiger partial charge in [-0.15, -0.1) is 11.3 Å². The van der Waals surface area contributed by atoms with Crippen LogP contribution >= 0.6 is 27.3 Å². The molecule has 0 radical (unpaired) electrons. The minimum atomic E-state index is -0.515. The Morgan fingerprint density at radius 2 is 2.05 bits per heavy atom. The van der Waals surface area contributed by atoms with E-state index in [0.717, 1.165) is 16.8 Å². The molecule has 1 heterocycles. The lowest BCUT2D eigenvalue weighted by Gasteiger charge is -2.13. The smallest absolute Gasteiger partial charge is 0.119 e. The van der Waals surface area contributed by atoms with Crippen LogP contribution in [0.3, 0.4) is 0 Å². The average molecular weight is 356 g/mol. The molecule has 3 nitrogen and oxygen atoms in total. The summed E-state index contributed by atoms with van der Waals surface area (Å²) >= 11 is 5.10. The monoisotopic (exact) mass is 355 g/mol. The highest BCUT2D eigenvalue weighted by Gasteiger charge is 2.06. The molecule has 0 amide bonds. The quantitative estimate of drug-likeness (QED) is 0.800. The Morgan fingerprint density at radius 1 is 1.30 bits per heavy atom. The first-order chi connectivity index (χ1) is 9.65. The molecule has 20 heavy (non-hydrogen) atoms. The van der Waals surface area contributed by atoms with Crippen LogP contribution in [0.4, 0.5) is 0 Å². The van der Waals surface area contributed by atoms with Crippen LogP contribution in [0, 0.1) is 6.92 Å². The Kier molecular flexibility index (Phi) is 6.04. The summed E-state index contributed by atoms with van der Waals surface area (Å²) in [5.74, 6) is 0.765. The van der Waals surface area contributed by atoms with E-state index >= 15 is 0 Å². The largest absolute Gasteiger partial charge is 0.491 e. The number of aliphatic hydroxyl groups excluding tert-OH is 1. The van der Waals surface area contributed by atoms with E-state index < -0.39 is 6.10 Å². The van der Waals surface area contributed by atoms with E-state index in [9.17, 15) is 5.11 Å². The van der Waals surface area contributed by atoms with Crippen LogP contribution in [-0.2, 0) is 6.54 Å². The van der Waals surface area contributed by atoms with Crippen LogP contribution in [-0.4, -0.2) is 24.4 Å². The number of hydrogen-bond acceptors (Lipinski definition) is 4. The summed E-state index contributed by atoms with van der Waals surface area (Å²) in [5.41, 5.74) is 1.29. The van der Waals surface area contributed by atoms with E-state index in [1.165, 1.54) is 10.4 Å². The normalized spacial score (nSPS) is 12.3. The van der Waals surface area contributed by atoms with Gasteiger partial charge in [0.15, 0.2) is 0 Å². The molecule has 1 atom stereocenters. The summed E-state index contributed by atoms with van der Waals surface area (Å²) < 4.78 is 6.54. The van der Waals surface area contributed by atoms with Gasteiger partial charge in [0.25, 0.3) is 0 Å². The predicted molar refractivity (Wildman–Crippen MR) is 86.4 cm³/mol. The van der Waals surface area contributed by atoms with E-state index in [1.54, 1.807) is 11.3 Å². The molecule has 0 aliphatic rings. The number of aryl methyl sites for hydroxylation is 1. The molecule has 1 aromatic carbocycles. The van der Waals surface area contributed by atoms with Crippen LogP contribution in [0.15, 0.2) is 40.2 Å².